The van der Waals surface area contributed by atoms with Crippen molar-refractivity contribution in [3.05, 3.63) is 54.3 Å². The monoisotopic (exact) mass is 479 g/mol. The van der Waals surface area contributed by atoms with E-state index in [-0.39, 0.29) is 23.8 Å². The summed E-state index contributed by atoms with van der Waals surface area (Å²) in [5, 5.41) is 16.5. The van der Waals surface area contributed by atoms with E-state index in [4.69, 9.17) is 4.42 Å². The number of rotatable bonds is 6. The number of amides is 2. The SMILES string of the molecule is Cc1ccn(C[C@@H]2C[C@@H](NC(=O)c3ncc(-c4cccc(OC(F)(F)F)c4)o3)CN2C(=O)O)n1. The number of aryl methyl sites for hydroxylation is 1. The summed E-state index contributed by atoms with van der Waals surface area (Å²) in [6.45, 7) is 2.25. The van der Waals surface area contributed by atoms with Crippen molar-refractivity contribution in [3.8, 4) is 17.1 Å². The smallest absolute Gasteiger partial charge is 0.465 e. The van der Waals surface area contributed by atoms with Crippen molar-refractivity contribution in [2.24, 2.45) is 0 Å². The lowest BCUT2D eigenvalue weighted by molar-refractivity contribution is -0.274. The minimum atomic E-state index is -4.84. The van der Waals surface area contributed by atoms with Crippen LogP contribution >= 0.6 is 0 Å². The molecule has 4 rings (SSSR count). The maximum Gasteiger partial charge on any atom is 0.573 e. The third-order valence-electron chi connectivity index (χ3n) is 5.22. The van der Waals surface area contributed by atoms with Gasteiger partial charge in [-0.2, -0.15) is 5.10 Å². The van der Waals surface area contributed by atoms with Gasteiger partial charge >= 0.3 is 18.4 Å². The maximum atomic E-state index is 12.6. The molecule has 13 heteroatoms. The number of ether oxygens (including phenoxy) is 1. The van der Waals surface area contributed by atoms with Crippen LogP contribution < -0.4 is 10.1 Å². The normalized spacial score (nSPS) is 18.2. The average molecular weight is 479 g/mol. The fourth-order valence-electron chi connectivity index (χ4n) is 3.82. The lowest BCUT2D eigenvalue weighted by Crippen LogP contribution is -2.39. The Morgan fingerprint density at radius 1 is 1.32 bits per heavy atom. The summed E-state index contributed by atoms with van der Waals surface area (Å²) in [5.41, 5.74) is 1.04. The van der Waals surface area contributed by atoms with Crippen molar-refractivity contribution in [2.45, 2.75) is 38.3 Å². The molecule has 2 atom stereocenters. The van der Waals surface area contributed by atoms with E-state index in [0.717, 1.165) is 17.8 Å². The molecule has 0 aliphatic carbocycles. The fraction of sp³-hybridized carbons (Fsp3) is 0.333. The molecule has 1 aromatic carbocycles. The lowest BCUT2D eigenvalue weighted by Gasteiger charge is -2.20. The molecule has 1 fully saturated rings. The number of nitrogens with zero attached hydrogens (tertiary/aromatic N) is 4. The number of oxazole rings is 1. The van der Waals surface area contributed by atoms with Crippen LogP contribution in [0.3, 0.4) is 0 Å². The number of aromatic nitrogens is 3. The minimum Gasteiger partial charge on any atom is -0.465 e. The largest absolute Gasteiger partial charge is 0.573 e. The molecule has 0 spiro atoms. The Morgan fingerprint density at radius 3 is 2.79 bits per heavy atom. The topological polar surface area (TPSA) is 123 Å². The second-order valence-corrected chi connectivity index (χ2v) is 7.78. The Kier molecular flexibility index (Phi) is 6.18. The first-order valence-corrected chi connectivity index (χ1v) is 10.2. The van der Waals surface area contributed by atoms with Gasteiger partial charge in [-0.1, -0.05) is 12.1 Å². The van der Waals surface area contributed by atoms with Gasteiger partial charge in [0.05, 0.1) is 24.5 Å². The molecular formula is C21H20F3N5O5. The molecule has 3 heterocycles. The Bertz CT molecular complexity index is 1190. The highest BCUT2D eigenvalue weighted by Gasteiger charge is 2.37. The Balaban J connectivity index is 1.41. The zero-order valence-corrected chi connectivity index (χ0v) is 17.8. The summed E-state index contributed by atoms with van der Waals surface area (Å²) in [6.07, 6.45) is -2.62. The summed E-state index contributed by atoms with van der Waals surface area (Å²) < 4.78 is 48.3. The van der Waals surface area contributed by atoms with Crippen LogP contribution in [0.4, 0.5) is 18.0 Å². The van der Waals surface area contributed by atoms with Crippen LogP contribution in [0.5, 0.6) is 5.75 Å². The zero-order valence-electron chi connectivity index (χ0n) is 17.8. The quantitative estimate of drug-likeness (QED) is 0.556. The lowest BCUT2D eigenvalue weighted by atomic mass is 10.1. The highest BCUT2D eigenvalue weighted by molar-refractivity contribution is 5.90. The summed E-state index contributed by atoms with van der Waals surface area (Å²) in [4.78, 5) is 29.4. The molecule has 1 saturated heterocycles. The number of halogens is 3. The van der Waals surface area contributed by atoms with E-state index in [1.54, 1.807) is 10.9 Å². The maximum absolute atomic E-state index is 12.6. The van der Waals surface area contributed by atoms with Crippen molar-refractivity contribution in [3.63, 3.8) is 0 Å². The Labute approximate surface area is 190 Å². The number of likely N-dealkylation sites (tertiary alicyclic amines) is 1. The second-order valence-electron chi connectivity index (χ2n) is 7.78. The van der Waals surface area contributed by atoms with E-state index in [0.29, 0.717) is 13.0 Å². The summed E-state index contributed by atoms with van der Waals surface area (Å²) in [7, 11) is 0. The molecule has 10 nitrogen and oxygen atoms in total. The fourth-order valence-corrected chi connectivity index (χ4v) is 3.82. The highest BCUT2D eigenvalue weighted by Crippen LogP contribution is 2.28. The van der Waals surface area contributed by atoms with Crippen molar-refractivity contribution >= 4 is 12.0 Å². The predicted molar refractivity (Wildman–Crippen MR) is 110 cm³/mol. The van der Waals surface area contributed by atoms with Crippen molar-refractivity contribution in [1.29, 1.82) is 0 Å². The Morgan fingerprint density at radius 2 is 2.12 bits per heavy atom. The molecule has 0 saturated carbocycles. The molecule has 0 radical (unpaired) electrons. The average Bonchev–Trinajstić information content (AvgIpc) is 3.47. The van der Waals surface area contributed by atoms with Crippen molar-refractivity contribution in [1.82, 2.24) is 25.0 Å². The van der Waals surface area contributed by atoms with E-state index < -0.39 is 36.2 Å². The van der Waals surface area contributed by atoms with E-state index in [9.17, 15) is 27.9 Å². The first-order valence-electron chi connectivity index (χ1n) is 10.2. The van der Waals surface area contributed by atoms with Crippen molar-refractivity contribution in [2.75, 3.05) is 6.54 Å². The number of alkyl halides is 3. The van der Waals surface area contributed by atoms with E-state index >= 15 is 0 Å². The van der Waals surface area contributed by atoms with Gasteiger partial charge in [-0.15, -0.1) is 13.2 Å². The zero-order chi connectivity index (χ0) is 24.5. The van der Waals surface area contributed by atoms with Gasteiger partial charge in [0.1, 0.15) is 5.75 Å². The van der Waals surface area contributed by atoms with Crippen LogP contribution in [-0.4, -0.2) is 61.8 Å². The van der Waals surface area contributed by atoms with Gasteiger partial charge in [-0.05, 0) is 31.5 Å². The summed E-state index contributed by atoms with van der Waals surface area (Å²) in [6, 6.07) is 6.01. The molecule has 2 aromatic heterocycles. The highest BCUT2D eigenvalue weighted by atomic mass is 19.4. The molecule has 1 aliphatic heterocycles. The van der Waals surface area contributed by atoms with Gasteiger partial charge in [-0.3, -0.25) is 9.48 Å². The van der Waals surface area contributed by atoms with E-state index in [1.807, 2.05) is 13.0 Å². The van der Waals surface area contributed by atoms with E-state index in [1.165, 1.54) is 23.2 Å². The van der Waals surface area contributed by atoms with Gasteiger partial charge in [0.2, 0.25) is 0 Å². The number of benzene rings is 1. The number of hydrogen-bond acceptors (Lipinski definition) is 6. The number of carboxylic acid groups (broad SMARTS) is 1. The molecule has 1 aliphatic rings. The minimum absolute atomic E-state index is 0.0725. The van der Waals surface area contributed by atoms with E-state index in [2.05, 4.69) is 20.1 Å². The third-order valence-corrected chi connectivity index (χ3v) is 5.22. The molecular weight excluding hydrogens is 459 g/mol. The first kappa shape index (κ1) is 23.1. The Hall–Kier alpha value is -4.03. The van der Waals surface area contributed by atoms with Gasteiger partial charge in [0.15, 0.2) is 5.76 Å². The summed E-state index contributed by atoms with van der Waals surface area (Å²) >= 11 is 0. The molecule has 2 N–H and O–H groups in total. The standard InChI is InChI=1S/C21H20F3N5O5/c1-12-5-6-28(27-12)11-15-8-14(10-29(15)20(31)32)26-18(30)19-25-9-17(33-19)13-3-2-4-16(7-13)34-21(22,23)24/h2-7,9,14-15H,8,10-11H2,1H3,(H,26,30)(H,31,32)/t14-,15+/m1/s1. The molecule has 34 heavy (non-hydrogen) atoms. The van der Waals surface area contributed by atoms with Gasteiger partial charge < -0.3 is 24.5 Å². The summed E-state index contributed by atoms with van der Waals surface area (Å²) in [5.74, 6) is -1.33. The second kappa shape index (κ2) is 9.08. The van der Waals surface area contributed by atoms with Crippen LogP contribution in [0.15, 0.2) is 47.1 Å². The third kappa shape index (κ3) is 5.47. The molecule has 0 bridgehead atoms. The van der Waals surface area contributed by atoms with Crippen molar-refractivity contribution < 1.29 is 37.0 Å². The van der Waals surface area contributed by atoms with Crippen LogP contribution in [-0.2, 0) is 6.54 Å². The number of nitrogens with one attached hydrogen (secondary N) is 1. The van der Waals surface area contributed by atoms with Gasteiger partial charge in [0.25, 0.3) is 5.89 Å². The predicted octanol–water partition coefficient (Wildman–Crippen LogP) is 3.30. The first-order chi connectivity index (χ1) is 16.1. The van der Waals surface area contributed by atoms with Crippen LogP contribution in [0.25, 0.3) is 11.3 Å². The van der Waals surface area contributed by atoms with Crippen LogP contribution in [0, 0.1) is 6.92 Å². The van der Waals surface area contributed by atoms with Gasteiger partial charge in [0, 0.05) is 24.3 Å². The number of hydrogen-bond donors (Lipinski definition) is 2. The number of carbonyl (C=O) groups is 2. The molecule has 180 valence electrons. The molecule has 0 unspecified atom stereocenters. The number of carbonyl (C=O) groups excluding carboxylic acids is 1. The van der Waals surface area contributed by atoms with Gasteiger partial charge in [-0.25, -0.2) is 9.78 Å². The van der Waals surface area contributed by atoms with Crippen LogP contribution in [0.2, 0.25) is 0 Å². The molecule has 3 aromatic rings. The van der Waals surface area contributed by atoms with Crippen LogP contribution in [0.1, 0.15) is 22.8 Å². The molecule has 2 amide bonds.